The van der Waals surface area contributed by atoms with E-state index in [2.05, 4.69) is 11.9 Å². The van der Waals surface area contributed by atoms with Crippen molar-refractivity contribution < 1.29 is 9.59 Å². The minimum atomic E-state index is -0.226. The molecular formula is C11H18N2O2. The van der Waals surface area contributed by atoms with E-state index in [9.17, 15) is 9.59 Å². The SMILES string of the molecule is C=C(CC)CNC1CCC(=O)N(C)C1=O. The molecule has 0 spiro atoms. The Morgan fingerprint density at radius 1 is 1.60 bits per heavy atom. The number of likely N-dealkylation sites (N-methyl/N-ethyl adjacent to an activating group) is 1. The zero-order valence-corrected chi connectivity index (χ0v) is 9.38. The third kappa shape index (κ3) is 2.89. The normalized spacial score (nSPS) is 22.0. The lowest BCUT2D eigenvalue weighted by molar-refractivity contribution is -0.147. The average molecular weight is 210 g/mol. The van der Waals surface area contributed by atoms with Crippen molar-refractivity contribution >= 4 is 11.8 Å². The van der Waals surface area contributed by atoms with Crippen molar-refractivity contribution in [3.8, 4) is 0 Å². The largest absolute Gasteiger partial charge is 0.302 e. The number of nitrogens with zero attached hydrogens (tertiary/aromatic N) is 1. The number of carbonyl (C=O) groups is 2. The second-order valence-electron chi connectivity index (χ2n) is 3.87. The Balaban J connectivity index is 2.46. The van der Waals surface area contributed by atoms with Gasteiger partial charge in [-0.2, -0.15) is 0 Å². The van der Waals surface area contributed by atoms with E-state index in [1.807, 2.05) is 6.92 Å². The van der Waals surface area contributed by atoms with Gasteiger partial charge in [-0.25, -0.2) is 0 Å². The number of hydrogen-bond donors (Lipinski definition) is 1. The molecule has 0 bridgehead atoms. The summed E-state index contributed by atoms with van der Waals surface area (Å²) in [5.74, 6) is -0.220. The lowest BCUT2D eigenvalue weighted by Crippen LogP contribution is -2.51. The van der Waals surface area contributed by atoms with Crippen molar-refractivity contribution in [2.45, 2.75) is 32.2 Å². The molecule has 0 aromatic carbocycles. The summed E-state index contributed by atoms with van der Waals surface area (Å²) in [6.45, 7) is 6.54. The highest BCUT2D eigenvalue weighted by Crippen LogP contribution is 2.11. The van der Waals surface area contributed by atoms with Gasteiger partial charge in [0, 0.05) is 20.0 Å². The number of imide groups is 1. The molecule has 1 aliphatic heterocycles. The van der Waals surface area contributed by atoms with E-state index in [-0.39, 0.29) is 17.9 Å². The minimum absolute atomic E-state index is 0.0904. The smallest absolute Gasteiger partial charge is 0.246 e. The molecule has 1 heterocycles. The van der Waals surface area contributed by atoms with Crippen molar-refractivity contribution in [3.63, 3.8) is 0 Å². The van der Waals surface area contributed by atoms with Crippen molar-refractivity contribution in [3.05, 3.63) is 12.2 Å². The Kier molecular flexibility index (Phi) is 4.03. The first-order chi connectivity index (χ1) is 7.06. The van der Waals surface area contributed by atoms with E-state index in [1.165, 1.54) is 11.9 Å². The van der Waals surface area contributed by atoms with Crippen LogP contribution >= 0.6 is 0 Å². The predicted molar refractivity (Wildman–Crippen MR) is 58.2 cm³/mol. The molecule has 1 rings (SSSR count). The first-order valence-electron chi connectivity index (χ1n) is 5.26. The fraction of sp³-hybridized carbons (Fsp3) is 0.636. The van der Waals surface area contributed by atoms with Crippen LogP contribution in [0, 0.1) is 0 Å². The zero-order chi connectivity index (χ0) is 11.4. The quantitative estimate of drug-likeness (QED) is 0.548. The van der Waals surface area contributed by atoms with Gasteiger partial charge >= 0.3 is 0 Å². The van der Waals surface area contributed by atoms with Crippen molar-refractivity contribution in [1.29, 1.82) is 0 Å². The molecule has 0 aromatic heterocycles. The highest BCUT2D eigenvalue weighted by molar-refractivity contribution is 6.00. The van der Waals surface area contributed by atoms with Gasteiger partial charge in [0.2, 0.25) is 11.8 Å². The lowest BCUT2D eigenvalue weighted by atomic mass is 10.0. The highest BCUT2D eigenvalue weighted by Gasteiger charge is 2.30. The monoisotopic (exact) mass is 210 g/mol. The van der Waals surface area contributed by atoms with Gasteiger partial charge in [0.1, 0.15) is 0 Å². The Bertz CT molecular complexity index is 286. The summed E-state index contributed by atoms with van der Waals surface area (Å²) in [5, 5.41) is 3.13. The van der Waals surface area contributed by atoms with E-state index >= 15 is 0 Å². The number of amides is 2. The topological polar surface area (TPSA) is 49.4 Å². The van der Waals surface area contributed by atoms with Crippen LogP contribution < -0.4 is 5.32 Å². The maximum Gasteiger partial charge on any atom is 0.246 e. The minimum Gasteiger partial charge on any atom is -0.302 e. The molecule has 0 aliphatic carbocycles. The maximum atomic E-state index is 11.6. The van der Waals surface area contributed by atoms with Crippen LogP contribution in [0.4, 0.5) is 0 Å². The van der Waals surface area contributed by atoms with Crippen LogP contribution in [0.2, 0.25) is 0 Å². The third-order valence-corrected chi connectivity index (χ3v) is 2.75. The number of piperidine rings is 1. The van der Waals surface area contributed by atoms with E-state index in [4.69, 9.17) is 0 Å². The van der Waals surface area contributed by atoms with Crippen LogP contribution in [-0.4, -0.2) is 36.3 Å². The summed E-state index contributed by atoms with van der Waals surface area (Å²) in [5.41, 5.74) is 1.07. The third-order valence-electron chi connectivity index (χ3n) is 2.75. The molecule has 4 nitrogen and oxygen atoms in total. The number of hydrogen-bond acceptors (Lipinski definition) is 3. The summed E-state index contributed by atoms with van der Waals surface area (Å²) in [6.07, 6.45) is 1.94. The number of rotatable bonds is 4. The Labute approximate surface area is 90.3 Å². The summed E-state index contributed by atoms with van der Waals surface area (Å²) in [7, 11) is 1.53. The fourth-order valence-electron chi connectivity index (χ4n) is 1.50. The van der Waals surface area contributed by atoms with Crippen molar-refractivity contribution in [1.82, 2.24) is 10.2 Å². The molecule has 1 aliphatic rings. The average Bonchev–Trinajstić information content (AvgIpc) is 2.24. The summed E-state index contributed by atoms with van der Waals surface area (Å²) in [4.78, 5) is 24.1. The summed E-state index contributed by atoms with van der Waals surface area (Å²) >= 11 is 0. The molecule has 1 unspecified atom stereocenters. The first kappa shape index (κ1) is 11.9. The molecule has 0 aromatic rings. The number of nitrogens with one attached hydrogen (secondary N) is 1. The van der Waals surface area contributed by atoms with Crippen LogP contribution in [-0.2, 0) is 9.59 Å². The molecule has 2 amide bonds. The second-order valence-corrected chi connectivity index (χ2v) is 3.87. The highest BCUT2D eigenvalue weighted by atomic mass is 16.2. The van der Waals surface area contributed by atoms with Gasteiger partial charge < -0.3 is 5.32 Å². The molecule has 84 valence electrons. The van der Waals surface area contributed by atoms with Crippen molar-refractivity contribution in [2.24, 2.45) is 0 Å². The number of likely N-dealkylation sites (tertiary alicyclic amines) is 1. The second kappa shape index (κ2) is 5.07. The molecular weight excluding hydrogens is 192 g/mol. The van der Waals surface area contributed by atoms with E-state index in [1.54, 1.807) is 0 Å². The first-order valence-corrected chi connectivity index (χ1v) is 5.26. The molecule has 1 atom stereocenters. The lowest BCUT2D eigenvalue weighted by Gasteiger charge is -2.28. The van der Waals surface area contributed by atoms with Gasteiger partial charge in [0.25, 0.3) is 0 Å². The zero-order valence-electron chi connectivity index (χ0n) is 9.38. The standard InChI is InChI=1S/C11H18N2O2/c1-4-8(2)7-12-9-5-6-10(14)13(3)11(9)15/h9,12H,2,4-7H2,1,3H3. The van der Waals surface area contributed by atoms with E-state index in [0.29, 0.717) is 19.4 Å². The van der Waals surface area contributed by atoms with Gasteiger partial charge in [0.05, 0.1) is 6.04 Å². The molecule has 1 saturated heterocycles. The van der Waals surface area contributed by atoms with Gasteiger partial charge in [-0.05, 0) is 12.8 Å². The van der Waals surface area contributed by atoms with Crippen LogP contribution in [0.1, 0.15) is 26.2 Å². The molecule has 0 radical (unpaired) electrons. The molecule has 15 heavy (non-hydrogen) atoms. The Hall–Kier alpha value is -1.16. The summed E-state index contributed by atoms with van der Waals surface area (Å²) < 4.78 is 0. The van der Waals surface area contributed by atoms with Gasteiger partial charge in [-0.15, -0.1) is 0 Å². The van der Waals surface area contributed by atoms with Gasteiger partial charge in [-0.3, -0.25) is 14.5 Å². The summed E-state index contributed by atoms with van der Waals surface area (Å²) in [6, 6.07) is -0.226. The van der Waals surface area contributed by atoms with Crippen LogP contribution in [0.25, 0.3) is 0 Å². The predicted octanol–water partition coefficient (Wildman–Crippen LogP) is 0.690. The van der Waals surface area contributed by atoms with Crippen LogP contribution in [0.3, 0.4) is 0 Å². The molecule has 1 fully saturated rings. The molecule has 4 heteroatoms. The molecule has 1 N–H and O–H groups in total. The molecule has 0 saturated carbocycles. The Morgan fingerprint density at radius 2 is 2.27 bits per heavy atom. The van der Waals surface area contributed by atoms with Gasteiger partial charge in [0.15, 0.2) is 0 Å². The van der Waals surface area contributed by atoms with Crippen molar-refractivity contribution in [2.75, 3.05) is 13.6 Å². The van der Waals surface area contributed by atoms with E-state index < -0.39 is 0 Å². The number of carbonyl (C=O) groups excluding carboxylic acids is 2. The van der Waals surface area contributed by atoms with Crippen LogP contribution in [0.15, 0.2) is 12.2 Å². The maximum absolute atomic E-state index is 11.6. The van der Waals surface area contributed by atoms with Gasteiger partial charge in [-0.1, -0.05) is 19.1 Å². The fourth-order valence-corrected chi connectivity index (χ4v) is 1.50. The Morgan fingerprint density at radius 3 is 2.87 bits per heavy atom. The van der Waals surface area contributed by atoms with Crippen LogP contribution in [0.5, 0.6) is 0 Å². The van der Waals surface area contributed by atoms with E-state index in [0.717, 1.165) is 12.0 Å².